The number of aliphatic hydroxyl groups is 2. The summed E-state index contributed by atoms with van der Waals surface area (Å²) in [6, 6.07) is 10.7. The van der Waals surface area contributed by atoms with E-state index in [2.05, 4.69) is 24.4 Å². The topological polar surface area (TPSA) is 52.5 Å². The van der Waals surface area contributed by atoms with Crippen LogP contribution in [0.5, 0.6) is 0 Å². The molecular weight excluding hydrogens is 202 g/mol. The first-order valence-corrected chi connectivity index (χ1v) is 5.78. The number of rotatable bonds is 7. The highest BCUT2D eigenvalue weighted by atomic mass is 16.3. The van der Waals surface area contributed by atoms with Crippen molar-refractivity contribution in [1.82, 2.24) is 5.32 Å². The Labute approximate surface area is 97.1 Å². The number of aryl methyl sites for hydroxylation is 1. The minimum atomic E-state index is -0.654. The molecular formula is C13H21NO2. The second-order valence-corrected chi connectivity index (χ2v) is 4.17. The van der Waals surface area contributed by atoms with Gasteiger partial charge in [0.2, 0.25) is 0 Å². The van der Waals surface area contributed by atoms with Crippen LogP contribution in [0.4, 0.5) is 0 Å². The Morgan fingerprint density at radius 3 is 2.56 bits per heavy atom. The van der Waals surface area contributed by atoms with E-state index >= 15 is 0 Å². The maximum atomic E-state index is 9.18. The van der Waals surface area contributed by atoms with Crippen molar-refractivity contribution in [3.8, 4) is 0 Å². The van der Waals surface area contributed by atoms with Crippen molar-refractivity contribution in [2.75, 3.05) is 13.2 Å². The number of nitrogens with one attached hydrogen (secondary N) is 1. The third kappa shape index (κ3) is 5.26. The summed E-state index contributed by atoms with van der Waals surface area (Å²) in [4.78, 5) is 0. The average Bonchev–Trinajstić information content (AvgIpc) is 2.34. The van der Waals surface area contributed by atoms with Crippen LogP contribution in [0, 0.1) is 0 Å². The second kappa shape index (κ2) is 7.39. The fourth-order valence-corrected chi connectivity index (χ4v) is 1.53. The molecule has 0 unspecified atom stereocenters. The van der Waals surface area contributed by atoms with Crippen LogP contribution in [-0.4, -0.2) is 35.5 Å². The Morgan fingerprint density at radius 1 is 1.25 bits per heavy atom. The Morgan fingerprint density at radius 2 is 1.94 bits per heavy atom. The molecule has 3 nitrogen and oxygen atoms in total. The molecule has 0 aliphatic heterocycles. The lowest BCUT2D eigenvalue weighted by molar-refractivity contribution is 0.0921. The van der Waals surface area contributed by atoms with Crippen LogP contribution in [0.2, 0.25) is 0 Å². The van der Waals surface area contributed by atoms with Crippen molar-refractivity contribution in [3.05, 3.63) is 35.9 Å². The summed E-state index contributed by atoms with van der Waals surface area (Å²) in [5, 5.41) is 21.0. The summed E-state index contributed by atoms with van der Waals surface area (Å²) in [7, 11) is 0. The van der Waals surface area contributed by atoms with E-state index in [4.69, 9.17) is 5.11 Å². The van der Waals surface area contributed by atoms with Gasteiger partial charge in [0.25, 0.3) is 0 Å². The summed E-state index contributed by atoms with van der Waals surface area (Å²) in [5.41, 5.74) is 1.33. The highest BCUT2D eigenvalue weighted by molar-refractivity contribution is 5.14. The third-order valence-corrected chi connectivity index (χ3v) is 2.62. The van der Waals surface area contributed by atoms with Gasteiger partial charge in [0, 0.05) is 12.6 Å². The van der Waals surface area contributed by atoms with Crippen molar-refractivity contribution in [3.63, 3.8) is 0 Å². The molecule has 2 atom stereocenters. The van der Waals surface area contributed by atoms with Crippen LogP contribution in [0.3, 0.4) is 0 Å². The monoisotopic (exact) mass is 223 g/mol. The van der Waals surface area contributed by atoms with E-state index in [1.807, 2.05) is 18.2 Å². The smallest absolute Gasteiger partial charge is 0.0895 e. The number of benzene rings is 1. The molecule has 1 aromatic carbocycles. The molecule has 0 radical (unpaired) electrons. The summed E-state index contributed by atoms with van der Waals surface area (Å²) in [6.45, 7) is 2.36. The second-order valence-electron chi connectivity index (χ2n) is 4.17. The van der Waals surface area contributed by atoms with Gasteiger partial charge in [-0.2, -0.15) is 0 Å². The van der Waals surface area contributed by atoms with Gasteiger partial charge in [-0.15, -0.1) is 0 Å². The third-order valence-electron chi connectivity index (χ3n) is 2.62. The molecule has 0 spiro atoms. The van der Waals surface area contributed by atoms with Gasteiger partial charge in [-0.1, -0.05) is 30.3 Å². The molecule has 1 aromatic rings. The molecule has 0 aliphatic rings. The maximum absolute atomic E-state index is 9.18. The minimum Gasteiger partial charge on any atom is -0.394 e. The summed E-state index contributed by atoms with van der Waals surface area (Å²) < 4.78 is 0. The predicted molar refractivity (Wildman–Crippen MR) is 65.3 cm³/mol. The van der Waals surface area contributed by atoms with Gasteiger partial charge in [0.15, 0.2) is 0 Å². The van der Waals surface area contributed by atoms with Crippen LogP contribution in [-0.2, 0) is 6.42 Å². The molecule has 0 heterocycles. The van der Waals surface area contributed by atoms with Gasteiger partial charge in [-0.25, -0.2) is 0 Å². The van der Waals surface area contributed by atoms with E-state index in [0.29, 0.717) is 12.6 Å². The van der Waals surface area contributed by atoms with Crippen LogP contribution < -0.4 is 5.32 Å². The average molecular weight is 223 g/mol. The molecule has 90 valence electrons. The molecule has 1 rings (SSSR count). The molecule has 0 fully saturated rings. The van der Waals surface area contributed by atoms with Gasteiger partial charge in [-0.05, 0) is 25.3 Å². The van der Waals surface area contributed by atoms with E-state index in [9.17, 15) is 5.11 Å². The normalized spacial score (nSPS) is 14.7. The van der Waals surface area contributed by atoms with Crippen LogP contribution in [0.25, 0.3) is 0 Å². The molecule has 0 saturated heterocycles. The standard InChI is InChI=1S/C13H21NO2/c1-11(14-9-13(16)10-15)7-8-12-5-3-2-4-6-12/h2-6,11,13-16H,7-10H2,1H3/t11-,13+/m0/s1. The number of aliphatic hydroxyl groups excluding tert-OH is 2. The quantitative estimate of drug-likeness (QED) is 0.645. The molecule has 3 heteroatoms. The molecule has 0 aromatic heterocycles. The lowest BCUT2D eigenvalue weighted by Crippen LogP contribution is -2.35. The SMILES string of the molecule is C[C@@H](CCc1ccccc1)NC[C@@H](O)CO. The summed E-state index contributed by atoms with van der Waals surface area (Å²) in [5.74, 6) is 0. The van der Waals surface area contributed by atoms with Crippen molar-refractivity contribution in [2.24, 2.45) is 0 Å². The Kier molecular flexibility index (Phi) is 6.08. The van der Waals surface area contributed by atoms with Crippen molar-refractivity contribution < 1.29 is 10.2 Å². The van der Waals surface area contributed by atoms with Crippen molar-refractivity contribution in [2.45, 2.75) is 31.9 Å². The molecule has 0 saturated carbocycles. The zero-order valence-electron chi connectivity index (χ0n) is 9.76. The van der Waals surface area contributed by atoms with Gasteiger partial charge < -0.3 is 15.5 Å². The van der Waals surface area contributed by atoms with E-state index < -0.39 is 6.10 Å². The first-order valence-electron chi connectivity index (χ1n) is 5.78. The van der Waals surface area contributed by atoms with Gasteiger partial charge in [0.1, 0.15) is 0 Å². The van der Waals surface area contributed by atoms with Gasteiger partial charge in [0.05, 0.1) is 12.7 Å². The van der Waals surface area contributed by atoms with Gasteiger partial charge >= 0.3 is 0 Å². The molecule has 0 bridgehead atoms. The van der Waals surface area contributed by atoms with Crippen molar-refractivity contribution in [1.29, 1.82) is 0 Å². The molecule has 0 aliphatic carbocycles. The Hall–Kier alpha value is -0.900. The lowest BCUT2D eigenvalue weighted by Gasteiger charge is -2.15. The van der Waals surface area contributed by atoms with Crippen LogP contribution in [0.15, 0.2) is 30.3 Å². The summed E-state index contributed by atoms with van der Waals surface area (Å²) in [6.07, 6.45) is 1.41. The lowest BCUT2D eigenvalue weighted by atomic mass is 10.1. The number of hydrogen-bond acceptors (Lipinski definition) is 3. The first-order chi connectivity index (χ1) is 7.72. The fourth-order valence-electron chi connectivity index (χ4n) is 1.53. The minimum absolute atomic E-state index is 0.182. The highest BCUT2D eigenvalue weighted by Gasteiger charge is 2.05. The number of hydrogen-bond donors (Lipinski definition) is 3. The van der Waals surface area contributed by atoms with Crippen LogP contribution >= 0.6 is 0 Å². The fraction of sp³-hybridized carbons (Fsp3) is 0.538. The van der Waals surface area contributed by atoms with E-state index in [1.54, 1.807) is 0 Å². The Balaban J connectivity index is 2.18. The van der Waals surface area contributed by atoms with Crippen LogP contribution in [0.1, 0.15) is 18.9 Å². The summed E-state index contributed by atoms with van der Waals surface area (Å²) >= 11 is 0. The molecule has 0 amide bonds. The van der Waals surface area contributed by atoms with E-state index in [1.165, 1.54) is 5.56 Å². The predicted octanol–water partition coefficient (Wildman–Crippen LogP) is 0.950. The van der Waals surface area contributed by atoms with Gasteiger partial charge in [-0.3, -0.25) is 0 Å². The maximum Gasteiger partial charge on any atom is 0.0895 e. The zero-order valence-corrected chi connectivity index (χ0v) is 9.76. The van der Waals surface area contributed by atoms with Crippen molar-refractivity contribution >= 4 is 0 Å². The Bertz CT molecular complexity index is 277. The molecule has 3 N–H and O–H groups in total. The zero-order chi connectivity index (χ0) is 11.8. The largest absolute Gasteiger partial charge is 0.394 e. The molecule has 16 heavy (non-hydrogen) atoms. The van der Waals surface area contributed by atoms with E-state index in [0.717, 1.165) is 12.8 Å². The van der Waals surface area contributed by atoms with E-state index in [-0.39, 0.29) is 6.61 Å². The highest BCUT2D eigenvalue weighted by Crippen LogP contribution is 2.04. The first kappa shape index (κ1) is 13.2.